The molecule has 0 unspecified atom stereocenters. The minimum absolute atomic E-state index is 0.0585. The normalized spacial score (nSPS) is 14.6. The Balaban J connectivity index is 1.65. The molecule has 7 nitrogen and oxygen atoms in total. The minimum Gasteiger partial charge on any atom is -0.497 e. The Morgan fingerprint density at radius 2 is 1.43 bits per heavy atom. The molecule has 3 aromatic carbocycles. The van der Waals surface area contributed by atoms with Crippen molar-refractivity contribution < 1.29 is 28.5 Å². The second kappa shape index (κ2) is 11.0. The molecule has 4 rings (SSSR count). The van der Waals surface area contributed by atoms with Gasteiger partial charge in [0.1, 0.15) is 23.9 Å². The van der Waals surface area contributed by atoms with Crippen LogP contribution in [0.5, 0.6) is 28.7 Å². The van der Waals surface area contributed by atoms with Crippen LogP contribution in [-0.2, 0) is 6.42 Å². The monoisotopic (exact) mass is 477 g/mol. The fourth-order valence-electron chi connectivity index (χ4n) is 4.32. The topological polar surface area (TPSA) is 66.5 Å². The lowest BCUT2D eigenvalue weighted by Crippen LogP contribution is -2.42. The van der Waals surface area contributed by atoms with E-state index in [4.69, 9.17) is 23.7 Å². The molecule has 1 heterocycles. The number of fused-ring (bicyclic) bond motifs is 1. The van der Waals surface area contributed by atoms with E-state index in [1.807, 2.05) is 60.4 Å². The van der Waals surface area contributed by atoms with E-state index in [1.165, 1.54) is 0 Å². The van der Waals surface area contributed by atoms with Crippen LogP contribution in [0.3, 0.4) is 0 Å². The highest BCUT2D eigenvalue weighted by Crippen LogP contribution is 2.39. The second-order valence-electron chi connectivity index (χ2n) is 8.11. The third-order valence-electron chi connectivity index (χ3n) is 6.14. The van der Waals surface area contributed by atoms with Gasteiger partial charge in [0.15, 0.2) is 11.5 Å². The van der Waals surface area contributed by atoms with Crippen molar-refractivity contribution >= 4 is 5.91 Å². The van der Waals surface area contributed by atoms with E-state index in [2.05, 4.69) is 0 Å². The summed E-state index contributed by atoms with van der Waals surface area (Å²) in [6.45, 7) is 3.36. The third-order valence-corrected chi connectivity index (χ3v) is 6.14. The lowest BCUT2D eigenvalue weighted by molar-refractivity contribution is 0.0589. The predicted octanol–water partition coefficient (Wildman–Crippen LogP) is 4.93. The number of ether oxygens (including phenoxy) is 5. The molecule has 184 valence electrons. The van der Waals surface area contributed by atoms with Crippen LogP contribution in [0.1, 0.15) is 34.5 Å². The van der Waals surface area contributed by atoms with Gasteiger partial charge in [0.25, 0.3) is 5.91 Å². The van der Waals surface area contributed by atoms with E-state index in [-0.39, 0.29) is 18.6 Å². The van der Waals surface area contributed by atoms with E-state index < -0.39 is 0 Å². The summed E-state index contributed by atoms with van der Waals surface area (Å²) in [6.07, 6.45) is 0.706. The van der Waals surface area contributed by atoms with Gasteiger partial charge in [-0.1, -0.05) is 0 Å². The first kappa shape index (κ1) is 24.3. The molecule has 3 aromatic rings. The molecule has 35 heavy (non-hydrogen) atoms. The summed E-state index contributed by atoms with van der Waals surface area (Å²) >= 11 is 0. The Morgan fingerprint density at radius 3 is 2.06 bits per heavy atom. The fourth-order valence-corrected chi connectivity index (χ4v) is 4.32. The van der Waals surface area contributed by atoms with Gasteiger partial charge in [0.05, 0.1) is 34.0 Å². The van der Waals surface area contributed by atoms with Crippen molar-refractivity contribution in [3.05, 3.63) is 77.4 Å². The van der Waals surface area contributed by atoms with Gasteiger partial charge in [0, 0.05) is 12.1 Å². The first-order valence-corrected chi connectivity index (χ1v) is 11.6. The minimum atomic E-state index is -0.306. The molecular formula is C28H31NO6. The van der Waals surface area contributed by atoms with E-state index in [9.17, 15) is 4.79 Å². The molecule has 0 aromatic heterocycles. The van der Waals surface area contributed by atoms with Gasteiger partial charge < -0.3 is 28.6 Å². The maximum absolute atomic E-state index is 13.6. The van der Waals surface area contributed by atoms with Gasteiger partial charge in [-0.25, -0.2) is 0 Å². The Kier molecular flexibility index (Phi) is 7.65. The number of methoxy groups -OCH3 is 3. The highest BCUT2D eigenvalue weighted by atomic mass is 16.5. The van der Waals surface area contributed by atoms with Gasteiger partial charge in [-0.3, -0.25) is 4.79 Å². The molecule has 1 aliphatic heterocycles. The largest absolute Gasteiger partial charge is 0.497 e. The molecule has 0 radical (unpaired) electrons. The number of nitrogens with zero attached hydrogens (tertiary/aromatic N) is 1. The average molecular weight is 478 g/mol. The third kappa shape index (κ3) is 5.29. The Morgan fingerprint density at radius 1 is 0.829 bits per heavy atom. The quantitative estimate of drug-likeness (QED) is 0.435. The number of amides is 1. The van der Waals surface area contributed by atoms with Crippen LogP contribution >= 0.6 is 0 Å². The highest BCUT2D eigenvalue weighted by molar-refractivity contribution is 5.95. The van der Waals surface area contributed by atoms with Gasteiger partial charge in [-0.2, -0.15) is 0 Å². The molecule has 1 amide bonds. The number of carbonyl (C=O) groups is 1. The number of carbonyl (C=O) groups excluding carboxylic acids is 1. The lowest BCUT2D eigenvalue weighted by Gasteiger charge is -2.37. The maximum atomic E-state index is 13.6. The van der Waals surface area contributed by atoms with Crippen LogP contribution < -0.4 is 23.7 Å². The summed E-state index contributed by atoms with van der Waals surface area (Å²) in [7, 11) is 4.86. The molecule has 0 N–H and O–H groups in total. The molecule has 7 heteroatoms. The highest BCUT2D eigenvalue weighted by Gasteiger charge is 2.33. The first-order chi connectivity index (χ1) is 17.1. The van der Waals surface area contributed by atoms with Crippen molar-refractivity contribution in [1.29, 1.82) is 0 Å². The van der Waals surface area contributed by atoms with Crippen molar-refractivity contribution in [3.63, 3.8) is 0 Å². The number of hydrogen-bond acceptors (Lipinski definition) is 6. The van der Waals surface area contributed by atoms with Gasteiger partial charge in [-0.15, -0.1) is 0 Å². The summed E-state index contributed by atoms with van der Waals surface area (Å²) in [5.74, 6) is 3.43. The van der Waals surface area contributed by atoms with Crippen LogP contribution in [0.4, 0.5) is 0 Å². The maximum Gasteiger partial charge on any atom is 0.254 e. The standard InChI is InChI=1S/C28H31NO6/c1-5-34-22-8-6-19(7-9-22)28(30)29-15-14-20-16-26(32-3)27(33-4)17-24(20)25(29)18-35-23-12-10-21(31-2)11-13-23/h6-13,16-17,25H,5,14-15,18H2,1-4H3/t25-/m0/s1. The summed E-state index contributed by atoms with van der Waals surface area (Å²) in [4.78, 5) is 15.5. The van der Waals surface area contributed by atoms with E-state index in [0.29, 0.717) is 42.4 Å². The Hall–Kier alpha value is -3.87. The molecule has 0 fully saturated rings. The Labute approximate surface area is 206 Å². The second-order valence-corrected chi connectivity index (χ2v) is 8.11. The molecule has 0 saturated carbocycles. The zero-order chi connectivity index (χ0) is 24.8. The number of rotatable bonds is 9. The zero-order valence-electron chi connectivity index (χ0n) is 20.6. The van der Waals surface area contributed by atoms with Crippen LogP contribution in [0, 0.1) is 0 Å². The van der Waals surface area contributed by atoms with Gasteiger partial charge >= 0.3 is 0 Å². The molecule has 0 spiro atoms. The average Bonchev–Trinajstić information content (AvgIpc) is 2.91. The van der Waals surface area contributed by atoms with Crippen LogP contribution in [0.15, 0.2) is 60.7 Å². The molecule has 1 atom stereocenters. The van der Waals surface area contributed by atoms with Crippen LogP contribution in [-0.4, -0.2) is 51.9 Å². The summed E-state index contributed by atoms with van der Waals surface area (Å²) in [6, 6.07) is 18.3. The summed E-state index contributed by atoms with van der Waals surface area (Å²) in [5.41, 5.74) is 2.70. The van der Waals surface area contributed by atoms with Crippen molar-refractivity contribution in [2.24, 2.45) is 0 Å². The number of benzene rings is 3. The summed E-state index contributed by atoms with van der Waals surface area (Å²) < 4.78 is 28.0. The first-order valence-electron chi connectivity index (χ1n) is 11.6. The van der Waals surface area contributed by atoms with E-state index >= 15 is 0 Å². The molecule has 0 aliphatic carbocycles. The molecule has 0 bridgehead atoms. The lowest BCUT2D eigenvalue weighted by atomic mass is 9.91. The van der Waals surface area contributed by atoms with Crippen molar-refractivity contribution in [1.82, 2.24) is 4.90 Å². The fraction of sp³-hybridized carbons (Fsp3) is 0.321. The molecular weight excluding hydrogens is 446 g/mol. The zero-order valence-corrected chi connectivity index (χ0v) is 20.6. The Bertz CT molecular complexity index is 1140. The number of hydrogen-bond donors (Lipinski definition) is 0. The molecule has 0 saturated heterocycles. The van der Waals surface area contributed by atoms with Crippen LogP contribution in [0.25, 0.3) is 0 Å². The van der Waals surface area contributed by atoms with E-state index in [0.717, 1.165) is 22.6 Å². The van der Waals surface area contributed by atoms with Crippen molar-refractivity contribution in [3.8, 4) is 28.7 Å². The predicted molar refractivity (Wildman–Crippen MR) is 133 cm³/mol. The SMILES string of the molecule is CCOc1ccc(C(=O)N2CCc3cc(OC)c(OC)cc3[C@@H]2COc2ccc(OC)cc2)cc1. The summed E-state index contributed by atoms with van der Waals surface area (Å²) in [5, 5.41) is 0. The van der Waals surface area contributed by atoms with Gasteiger partial charge in [0.2, 0.25) is 0 Å². The smallest absolute Gasteiger partial charge is 0.254 e. The van der Waals surface area contributed by atoms with Crippen molar-refractivity contribution in [2.45, 2.75) is 19.4 Å². The van der Waals surface area contributed by atoms with Gasteiger partial charge in [-0.05, 0) is 85.1 Å². The van der Waals surface area contributed by atoms with E-state index in [1.54, 1.807) is 33.5 Å². The molecule has 1 aliphatic rings. The van der Waals surface area contributed by atoms with Crippen LogP contribution in [0.2, 0.25) is 0 Å². The van der Waals surface area contributed by atoms with Crippen molar-refractivity contribution in [2.75, 3.05) is 41.1 Å².